The smallest absolute Gasteiger partial charge is 0.387 e. The number of amides is 1. The number of aliphatic hydroxyl groups excluding tert-OH is 1. The van der Waals surface area contributed by atoms with Crippen LogP contribution < -0.4 is 10.6 Å². The quantitative estimate of drug-likeness (QED) is 0.667. The van der Waals surface area contributed by atoms with Gasteiger partial charge in [-0.05, 0) is 29.8 Å². The number of halogens is 3. The first kappa shape index (κ1) is 18.9. The molecule has 8 heteroatoms. The van der Waals surface area contributed by atoms with E-state index < -0.39 is 17.8 Å². The number of hydrogen-bond donors (Lipinski definition) is 3. The number of nitrogens with one attached hydrogen (secondary N) is 2. The van der Waals surface area contributed by atoms with Gasteiger partial charge in [0.15, 0.2) is 0 Å². The topological polar surface area (TPSA) is 74.2 Å². The maximum Gasteiger partial charge on any atom is 0.416 e. The Bertz CT molecular complexity index is 676. The van der Waals surface area contributed by atoms with Crippen molar-refractivity contribution >= 4 is 5.91 Å². The van der Waals surface area contributed by atoms with Gasteiger partial charge in [0, 0.05) is 32.0 Å². The van der Waals surface area contributed by atoms with Crippen LogP contribution >= 0.6 is 0 Å². The van der Waals surface area contributed by atoms with Crippen molar-refractivity contribution in [3.05, 3.63) is 65.5 Å². The van der Waals surface area contributed by atoms with Gasteiger partial charge in [-0.25, -0.2) is 0 Å². The highest BCUT2D eigenvalue weighted by Crippen LogP contribution is 2.29. The van der Waals surface area contributed by atoms with E-state index in [1.54, 1.807) is 18.3 Å². The molecule has 1 amide bonds. The van der Waals surface area contributed by atoms with Crippen LogP contribution in [0.4, 0.5) is 13.2 Å². The summed E-state index contributed by atoms with van der Waals surface area (Å²) in [6.45, 7) is 0.908. The summed E-state index contributed by atoms with van der Waals surface area (Å²) in [6.07, 6.45) is -2.30. The lowest BCUT2D eigenvalue weighted by Gasteiger charge is -2.14. The highest BCUT2D eigenvalue weighted by molar-refractivity contribution is 5.93. The molecule has 134 valence electrons. The van der Waals surface area contributed by atoms with Gasteiger partial charge in [-0.15, -0.1) is 0 Å². The third kappa shape index (κ3) is 5.84. The Balaban J connectivity index is 1.70. The molecule has 0 saturated carbocycles. The molecule has 0 aliphatic heterocycles. The van der Waals surface area contributed by atoms with Crippen LogP contribution in [0.15, 0.2) is 48.8 Å². The molecule has 3 N–H and O–H groups in total. The average Bonchev–Trinajstić information content (AvgIpc) is 2.61. The van der Waals surface area contributed by atoms with Crippen molar-refractivity contribution in [1.82, 2.24) is 15.6 Å². The fourth-order valence-electron chi connectivity index (χ4n) is 2.11. The second-order valence-corrected chi connectivity index (χ2v) is 5.34. The fraction of sp³-hybridized carbons (Fsp3) is 0.294. The van der Waals surface area contributed by atoms with Gasteiger partial charge in [0.25, 0.3) is 5.91 Å². The molecule has 1 aromatic carbocycles. The SMILES string of the molecule is O=C(NCCNCC(O)c1ccc(C(F)(F)F)cc1)c1cccnc1. The number of rotatable bonds is 7. The molecule has 0 radical (unpaired) electrons. The summed E-state index contributed by atoms with van der Waals surface area (Å²) in [7, 11) is 0. The maximum absolute atomic E-state index is 12.5. The molecule has 0 spiro atoms. The van der Waals surface area contributed by atoms with Gasteiger partial charge < -0.3 is 15.7 Å². The monoisotopic (exact) mass is 353 g/mol. The largest absolute Gasteiger partial charge is 0.416 e. The van der Waals surface area contributed by atoms with E-state index in [4.69, 9.17) is 0 Å². The van der Waals surface area contributed by atoms with Crippen molar-refractivity contribution in [2.24, 2.45) is 0 Å². The van der Waals surface area contributed by atoms with E-state index in [1.807, 2.05) is 0 Å². The molecule has 1 heterocycles. The standard InChI is InChI=1S/C17H18F3N3O2/c18-17(19,20)14-5-3-12(4-6-14)15(24)11-22-8-9-23-16(25)13-2-1-7-21-10-13/h1-7,10,15,22,24H,8-9,11H2,(H,23,25). The third-order valence-corrected chi connectivity index (χ3v) is 3.47. The maximum atomic E-state index is 12.5. The summed E-state index contributed by atoms with van der Waals surface area (Å²) < 4.78 is 37.4. The van der Waals surface area contributed by atoms with E-state index in [9.17, 15) is 23.1 Å². The van der Waals surface area contributed by atoms with Crippen LogP contribution in [-0.2, 0) is 6.18 Å². The van der Waals surface area contributed by atoms with Gasteiger partial charge >= 0.3 is 6.18 Å². The molecule has 0 aliphatic rings. The van der Waals surface area contributed by atoms with Crippen LogP contribution in [-0.4, -0.2) is 35.6 Å². The summed E-state index contributed by atoms with van der Waals surface area (Å²) in [5.41, 5.74) is 0.0849. The van der Waals surface area contributed by atoms with E-state index in [-0.39, 0.29) is 12.5 Å². The Morgan fingerprint density at radius 3 is 2.48 bits per heavy atom. The molecule has 5 nitrogen and oxygen atoms in total. The van der Waals surface area contributed by atoms with E-state index >= 15 is 0 Å². The molecule has 2 aromatic rings. The molecular formula is C17H18F3N3O2. The van der Waals surface area contributed by atoms with E-state index in [1.165, 1.54) is 18.3 Å². The Hall–Kier alpha value is -2.45. The lowest BCUT2D eigenvalue weighted by atomic mass is 10.1. The second kappa shape index (κ2) is 8.59. The first-order valence-electron chi connectivity index (χ1n) is 7.62. The summed E-state index contributed by atoms with van der Waals surface area (Å²) in [4.78, 5) is 15.6. The number of carbonyl (C=O) groups is 1. The summed E-state index contributed by atoms with van der Waals surface area (Å²) in [6, 6.07) is 7.68. The molecule has 0 aliphatic carbocycles. The number of hydrogen-bond acceptors (Lipinski definition) is 4. The summed E-state index contributed by atoms with van der Waals surface area (Å²) in [5, 5.41) is 15.6. The highest BCUT2D eigenvalue weighted by Gasteiger charge is 2.30. The van der Waals surface area contributed by atoms with E-state index in [2.05, 4.69) is 15.6 Å². The van der Waals surface area contributed by atoms with Crippen LogP contribution in [0.2, 0.25) is 0 Å². The lowest BCUT2D eigenvalue weighted by Crippen LogP contribution is -2.33. The molecule has 0 fully saturated rings. The summed E-state index contributed by atoms with van der Waals surface area (Å²) in [5.74, 6) is -0.252. The van der Waals surface area contributed by atoms with E-state index in [0.717, 1.165) is 12.1 Å². The van der Waals surface area contributed by atoms with Gasteiger partial charge in [-0.2, -0.15) is 13.2 Å². The van der Waals surface area contributed by atoms with Crippen molar-refractivity contribution in [2.75, 3.05) is 19.6 Å². The van der Waals surface area contributed by atoms with Gasteiger partial charge in [-0.3, -0.25) is 9.78 Å². The predicted octanol–water partition coefficient (Wildman–Crippen LogP) is 2.15. The normalized spacial score (nSPS) is 12.6. The van der Waals surface area contributed by atoms with E-state index in [0.29, 0.717) is 24.2 Å². The molecule has 1 aromatic heterocycles. The fourth-order valence-corrected chi connectivity index (χ4v) is 2.11. The zero-order valence-electron chi connectivity index (χ0n) is 13.3. The minimum Gasteiger partial charge on any atom is -0.387 e. The number of benzene rings is 1. The minimum absolute atomic E-state index is 0.161. The lowest BCUT2D eigenvalue weighted by molar-refractivity contribution is -0.137. The molecule has 0 bridgehead atoms. The molecule has 2 rings (SSSR count). The van der Waals surface area contributed by atoms with Crippen molar-refractivity contribution in [2.45, 2.75) is 12.3 Å². The second-order valence-electron chi connectivity index (χ2n) is 5.34. The highest BCUT2D eigenvalue weighted by atomic mass is 19.4. The molecule has 25 heavy (non-hydrogen) atoms. The Kier molecular flexibility index (Phi) is 6.49. The van der Waals surface area contributed by atoms with Gasteiger partial charge in [-0.1, -0.05) is 12.1 Å². The number of aromatic nitrogens is 1. The van der Waals surface area contributed by atoms with Gasteiger partial charge in [0.05, 0.1) is 17.2 Å². The zero-order chi connectivity index (χ0) is 18.3. The Labute approximate surface area is 142 Å². The number of aliphatic hydroxyl groups is 1. The average molecular weight is 353 g/mol. The Morgan fingerprint density at radius 1 is 1.16 bits per heavy atom. The molecular weight excluding hydrogens is 335 g/mol. The summed E-state index contributed by atoms with van der Waals surface area (Å²) >= 11 is 0. The van der Waals surface area contributed by atoms with Crippen LogP contribution in [0.1, 0.15) is 27.6 Å². The van der Waals surface area contributed by atoms with Crippen LogP contribution in [0, 0.1) is 0 Å². The van der Waals surface area contributed by atoms with Crippen LogP contribution in [0.3, 0.4) is 0 Å². The molecule has 1 unspecified atom stereocenters. The first-order chi connectivity index (χ1) is 11.9. The number of alkyl halides is 3. The molecule has 0 saturated heterocycles. The van der Waals surface area contributed by atoms with Gasteiger partial charge in [0.2, 0.25) is 0 Å². The number of pyridine rings is 1. The van der Waals surface area contributed by atoms with Crippen molar-refractivity contribution < 1.29 is 23.1 Å². The Morgan fingerprint density at radius 2 is 1.88 bits per heavy atom. The van der Waals surface area contributed by atoms with Crippen molar-refractivity contribution in [3.8, 4) is 0 Å². The van der Waals surface area contributed by atoms with Gasteiger partial charge in [0.1, 0.15) is 0 Å². The van der Waals surface area contributed by atoms with Crippen molar-refractivity contribution in [3.63, 3.8) is 0 Å². The zero-order valence-corrected chi connectivity index (χ0v) is 13.3. The number of carbonyl (C=O) groups excluding carboxylic acids is 1. The third-order valence-electron chi connectivity index (χ3n) is 3.47. The number of nitrogens with zero attached hydrogens (tertiary/aromatic N) is 1. The molecule has 1 atom stereocenters. The first-order valence-corrected chi connectivity index (χ1v) is 7.62. The predicted molar refractivity (Wildman–Crippen MR) is 85.8 cm³/mol. The van der Waals surface area contributed by atoms with Crippen LogP contribution in [0.25, 0.3) is 0 Å². The van der Waals surface area contributed by atoms with Crippen molar-refractivity contribution in [1.29, 1.82) is 0 Å². The van der Waals surface area contributed by atoms with Crippen LogP contribution in [0.5, 0.6) is 0 Å². The minimum atomic E-state index is -4.39.